The van der Waals surface area contributed by atoms with Gasteiger partial charge in [-0.1, -0.05) is 6.92 Å². The van der Waals surface area contributed by atoms with Crippen molar-refractivity contribution in [3.05, 3.63) is 36.2 Å². The smallest absolute Gasteiger partial charge is 0.159 e. The minimum atomic E-state index is -0.0886. The number of ketones is 1. The molecule has 0 radical (unpaired) electrons. The second kappa shape index (κ2) is 4.40. The number of aliphatic hydroxyl groups is 1. The lowest BCUT2D eigenvalue weighted by Crippen LogP contribution is -1.92. The lowest BCUT2D eigenvalue weighted by atomic mass is 10.2. The molecule has 3 nitrogen and oxygen atoms in total. The fraction of sp³-hybridized carbons (Fsp3) is 0.200. The summed E-state index contributed by atoms with van der Waals surface area (Å²) < 4.78 is 0. The first-order valence-electron chi connectivity index (χ1n) is 4.08. The van der Waals surface area contributed by atoms with E-state index in [0.29, 0.717) is 12.0 Å². The molecule has 0 aromatic carbocycles. The van der Waals surface area contributed by atoms with Gasteiger partial charge in [0.15, 0.2) is 5.78 Å². The highest BCUT2D eigenvalue weighted by Crippen LogP contribution is 2.09. The summed E-state index contributed by atoms with van der Waals surface area (Å²) in [7, 11) is 0. The summed E-state index contributed by atoms with van der Waals surface area (Å²) in [6.07, 6.45) is 4.76. The van der Waals surface area contributed by atoms with E-state index >= 15 is 0 Å². The van der Waals surface area contributed by atoms with Crippen LogP contribution in [-0.4, -0.2) is 15.9 Å². The van der Waals surface area contributed by atoms with E-state index in [0.717, 1.165) is 0 Å². The summed E-state index contributed by atoms with van der Waals surface area (Å²) in [4.78, 5) is 14.7. The van der Waals surface area contributed by atoms with Gasteiger partial charge in [-0.05, 0) is 12.1 Å². The first-order chi connectivity index (χ1) is 6.24. The molecule has 3 heteroatoms. The van der Waals surface area contributed by atoms with Gasteiger partial charge in [0.2, 0.25) is 0 Å². The number of hydrogen-bond acceptors (Lipinski definition) is 3. The molecule has 0 saturated carbocycles. The summed E-state index contributed by atoms with van der Waals surface area (Å²) in [5.41, 5.74) is 0.608. The predicted octanol–water partition coefficient (Wildman–Crippen LogP) is 1.96. The van der Waals surface area contributed by atoms with E-state index in [1.807, 2.05) is 0 Å². The molecule has 0 atom stereocenters. The number of aromatic nitrogens is 1. The van der Waals surface area contributed by atoms with Crippen molar-refractivity contribution in [3.8, 4) is 0 Å². The van der Waals surface area contributed by atoms with Crippen molar-refractivity contribution < 1.29 is 9.90 Å². The number of hydrogen-bond donors (Lipinski definition) is 1. The van der Waals surface area contributed by atoms with Crippen molar-refractivity contribution in [1.82, 2.24) is 4.98 Å². The van der Waals surface area contributed by atoms with Gasteiger partial charge in [-0.15, -0.1) is 0 Å². The fourth-order valence-corrected chi connectivity index (χ4v) is 0.861. The van der Waals surface area contributed by atoms with Gasteiger partial charge in [-0.2, -0.15) is 0 Å². The molecule has 0 saturated heterocycles. The number of pyridine rings is 1. The molecule has 1 heterocycles. The molecule has 0 aliphatic heterocycles. The van der Waals surface area contributed by atoms with Crippen LogP contribution in [0.1, 0.15) is 18.9 Å². The summed E-state index contributed by atoms with van der Waals surface area (Å²) in [5, 5.41) is 9.43. The van der Waals surface area contributed by atoms with E-state index in [1.54, 1.807) is 31.5 Å². The molecule has 0 amide bonds. The molecule has 0 aliphatic carbocycles. The van der Waals surface area contributed by atoms with Crippen molar-refractivity contribution in [1.29, 1.82) is 0 Å². The van der Waals surface area contributed by atoms with Crippen molar-refractivity contribution in [2.45, 2.75) is 13.3 Å². The van der Waals surface area contributed by atoms with Crippen molar-refractivity contribution in [3.63, 3.8) is 0 Å². The summed E-state index contributed by atoms with van der Waals surface area (Å²) in [6.45, 7) is 1.75. The molecular formula is C10H11NO2. The zero-order valence-corrected chi connectivity index (χ0v) is 7.40. The lowest BCUT2D eigenvalue weighted by molar-refractivity contribution is -0.114. The van der Waals surface area contributed by atoms with Crippen LogP contribution >= 0.6 is 0 Å². The van der Waals surface area contributed by atoms with Gasteiger partial charge < -0.3 is 5.11 Å². The van der Waals surface area contributed by atoms with E-state index in [4.69, 9.17) is 0 Å². The summed E-state index contributed by atoms with van der Waals surface area (Å²) in [6, 6.07) is 3.30. The van der Waals surface area contributed by atoms with E-state index in [1.165, 1.54) is 6.08 Å². The molecule has 1 N–H and O–H groups in total. The van der Waals surface area contributed by atoms with Crippen LogP contribution in [-0.2, 0) is 4.79 Å². The molecule has 0 fully saturated rings. The monoisotopic (exact) mass is 177 g/mol. The van der Waals surface area contributed by atoms with Crippen LogP contribution in [0.2, 0.25) is 0 Å². The Labute approximate surface area is 76.7 Å². The topological polar surface area (TPSA) is 50.2 Å². The number of allylic oxidation sites excluding steroid dienone is 1. The Kier molecular flexibility index (Phi) is 3.20. The molecule has 1 rings (SSSR count). The van der Waals surface area contributed by atoms with Gasteiger partial charge in [0.05, 0.1) is 0 Å². The second-order valence-electron chi connectivity index (χ2n) is 2.59. The van der Waals surface area contributed by atoms with E-state index in [9.17, 15) is 9.90 Å². The highest BCUT2D eigenvalue weighted by Gasteiger charge is 2.00. The normalized spacial score (nSPS) is 11.3. The molecule has 68 valence electrons. The number of carbonyl (C=O) groups excluding carboxylic acids is 1. The minimum Gasteiger partial charge on any atom is -0.507 e. The van der Waals surface area contributed by atoms with Crippen LogP contribution in [0, 0.1) is 0 Å². The van der Waals surface area contributed by atoms with Crippen LogP contribution in [0.4, 0.5) is 0 Å². The van der Waals surface area contributed by atoms with Crippen LogP contribution in [0.15, 0.2) is 30.6 Å². The molecule has 13 heavy (non-hydrogen) atoms. The van der Waals surface area contributed by atoms with E-state index in [2.05, 4.69) is 4.98 Å². The van der Waals surface area contributed by atoms with Gasteiger partial charge in [0, 0.05) is 30.5 Å². The Morgan fingerprint density at radius 2 is 2.15 bits per heavy atom. The Hall–Kier alpha value is -1.64. The quantitative estimate of drug-likeness (QED) is 0.567. The molecular weight excluding hydrogens is 166 g/mol. The minimum absolute atomic E-state index is 0.00532. The Balaban J connectivity index is 2.85. The van der Waals surface area contributed by atoms with Crippen molar-refractivity contribution in [2.75, 3.05) is 0 Å². The van der Waals surface area contributed by atoms with Crippen molar-refractivity contribution in [2.24, 2.45) is 0 Å². The van der Waals surface area contributed by atoms with E-state index in [-0.39, 0.29) is 11.5 Å². The van der Waals surface area contributed by atoms with Crippen LogP contribution in [0.25, 0.3) is 5.76 Å². The molecule has 1 aromatic heterocycles. The zero-order chi connectivity index (χ0) is 9.68. The highest BCUT2D eigenvalue weighted by atomic mass is 16.3. The van der Waals surface area contributed by atoms with Gasteiger partial charge in [0.1, 0.15) is 5.76 Å². The SMILES string of the molecule is CCC(=O)/C=C(\O)c1ccncc1. The average Bonchev–Trinajstić information content (AvgIpc) is 2.19. The number of carbonyl (C=O) groups is 1. The Morgan fingerprint density at radius 3 is 2.69 bits per heavy atom. The Morgan fingerprint density at radius 1 is 1.54 bits per heavy atom. The third-order valence-corrected chi connectivity index (χ3v) is 1.62. The van der Waals surface area contributed by atoms with Gasteiger partial charge in [-0.3, -0.25) is 9.78 Å². The van der Waals surface area contributed by atoms with Gasteiger partial charge >= 0.3 is 0 Å². The predicted molar refractivity (Wildman–Crippen MR) is 50.1 cm³/mol. The lowest BCUT2D eigenvalue weighted by Gasteiger charge is -1.97. The summed E-state index contributed by atoms with van der Waals surface area (Å²) in [5.74, 6) is -0.0939. The summed E-state index contributed by atoms with van der Waals surface area (Å²) >= 11 is 0. The molecule has 1 aromatic rings. The molecule has 0 aliphatic rings. The first kappa shape index (κ1) is 9.45. The Bertz CT molecular complexity index is 317. The molecule has 0 spiro atoms. The van der Waals surface area contributed by atoms with Crippen LogP contribution in [0.3, 0.4) is 0 Å². The molecule has 0 bridgehead atoms. The van der Waals surface area contributed by atoms with Gasteiger partial charge in [0.25, 0.3) is 0 Å². The van der Waals surface area contributed by atoms with Crippen molar-refractivity contribution >= 4 is 11.5 Å². The third kappa shape index (κ3) is 2.71. The third-order valence-electron chi connectivity index (χ3n) is 1.62. The fourth-order valence-electron chi connectivity index (χ4n) is 0.861. The maximum atomic E-state index is 10.9. The number of rotatable bonds is 3. The number of nitrogens with zero attached hydrogens (tertiary/aromatic N) is 1. The number of aliphatic hydroxyl groups excluding tert-OH is 1. The van der Waals surface area contributed by atoms with Crippen LogP contribution < -0.4 is 0 Å². The maximum absolute atomic E-state index is 10.9. The van der Waals surface area contributed by atoms with Crippen LogP contribution in [0.5, 0.6) is 0 Å². The van der Waals surface area contributed by atoms with E-state index < -0.39 is 0 Å². The highest BCUT2D eigenvalue weighted by molar-refractivity contribution is 5.95. The average molecular weight is 177 g/mol. The first-order valence-corrected chi connectivity index (χ1v) is 4.08. The molecule has 0 unspecified atom stereocenters. The largest absolute Gasteiger partial charge is 0.507 e. The second-order valence-corrected chi connectivity index (χ2v) is 2.59. The standard InChI is InChI=1S/C10H11NO2/c1-2-9(12)7-10(13)8-3-5-11-6-4-8/h3-7,13H,2H2,1H3/b10-7-. The van der Waals surface area contributed by atoms with Gasteiger partial charge in [-0.25, -0.2) is 0 Å². The zero-order valence-electron chi connectivity index (χ0n) is 7.40. The maximum Gasteiger partial charge on any atom is 0.159 e.